The fraction of sp³-hybridized carbons (Fsp3) is 0.235. The average Bonchev–Trinajstić information content (AvgIpc) is 2.54. The summed E-state index contributed by atoms with van der Waals surface area (Å²) in [7, 11) is -7.07. The zero-order valence-electron chi connectivity index (χ0n) is 14.9. The van der Waals surface area contributed by atoms with Gasteiger partial charge in [0, 0.05) is 11.3 Å². The SMILES string of the molecule is CCS(=O)(=O)NC(=O)Cc1cc(Cl)cc(Oc2ccc(S(C)(=O)=O)cc2Cl)c1. The van der Waals surface area contributed by atoms with Crippen LogP contribution in [0, 0.1) is 0 Å². The zero-order chi connectivity index (χ0) is 21.1. The largest absolute Gasteiger partial charge is 0.456 e. The molecule has 0 radical (unpaired) electrons. The van der Waals surface area contributed by atoms with Crippen LogP contribution in [0.15, 0.2) is 41.3 Å². The second-order valence-corrected chi connectivity index (χ2v) is 10.7. The molecule has 0 aromatic heterocycles. The minimum Gasteiger partial charge on any atom is -0.456 e. The minimum absolute atomic E-state index is 0.0467. The first-order valence-electron chi connectivity index (χ1n) is 7.90. The van der Waals surface area contributed by atoms with Gasteiger partial charge in [-0.3, -0.25) is 9.52 Å². The predicted molar refractivity (Wildman–Crippen MR) is 107 cm³/mol. The summed E-state index contributed by atoms with van der Waals surface area (Å²) in [6.07, 6.45) is 0.836. The van der Waals surface area contributed by atoms with Crippen LogP contribution in [-0.2, 0) is 31.1 Å². The standard InChI is InChI=1S/C17H17Cl2NO6S2/c1-3-28(24,25)20-17(21)8-11-6-12(18)9-13(7-11)26-16-5-4-14(10-15(16)19)27(2,22)23/h4-7,9-10H,3,8H2,1-2H3,(H,20,21). The van der Waals surface area contributed by atoms with Crippen LogP contribution >= 0.6 is 23.2 Å². The third kappa shape index (κ3) is 6.37. The van der Waals surface area contributed by atoms with Crippen LogP contribution < -0.4 is 9.46 Å². The van der Waals surface area contributed by atoms with Gasteiger partial charge >= 0.3 is 0 Å². The van der Waals surface area contributed by atoms with E-state index in [1.54, 1.807) is 0 Å². The molecular weight excluding hydrogens is 449 g/mol. The molecule has 11 heteroatoms. The lowest BCUT2D eigenvalue weighted by atomic mass is 10.1. The Labute approximate surface area is 173 Å². The summed E-state index contributed by atoms with van der Waals surface area (Å²) < 4.78 is 53.7. The van der Waals surface area contributed by atoms with Crippen molar-refractivity contribution in [2.45, 2.75) is 18.2 Å². The maximum Gasteiger partial charge on any atom is 0.237 e. The van der Waals surface area contributed by atoms with E-state index in [2.05, 4.69) is 0 Å². The molecule has 0 saturated heterocycles. The Balaban J connectivity index is 2.23. The molecule has 0 spiro atoms. The van der Waals surface area contributed by atoms with Gasteiger partial charge < -0.3 is 4.74 Å². The van der Waals surface area contributed by atoms with E-state index in [4.69, 9.17) is 27.9 Å². The monoisotopic (exact) mass is 465 g/mol. The number of amides is 1. The third-order valence-corrected chi connectivity index (χ3v) is 6.43. The molecule has 2 aromatic carbocycles. The Bertz CT molecular complexity index is 1110. The summed E-state index contributed by atoms with van der Waals surface area (Å²) >= 11 is 12.1. The Morgan fingerprint density at radius 3 is 2.32 bits per heavy atom. The fourth-order valence-corrected chi connectivity index (χ4v) is 3.91. The van der Waals surface area contributed by atoms with E-state index in [0.717, 1.165) is 6.26 Å². The summed E-state index contributed by atoms with van der Waals surface area (Å²) in [4.78, 5) is 11.9. The lowest BCUT2D eigenvalue weighted by molar-refractivity contribution is -0.118. The van der Waals surface area contributed by atoms with Crippen molar-refractivity contribution in [1.82, 2.24) is 4.72 Å². The van der Waals surface area contributed by atoms with E-state index >= 15 is 0 Å². The van der Waals surface area contributed by atoms with Crippen molar-refractivity contribution < 1.29 is 26.4 Å². The molecule has 0 atom stereocenters. The van der Waals surface area contributed by atoms with Crippen LogP contribution in [0.3, 0.4) is 0 Å². The van der Waals surface area contributed by atoms with E-state index in [1.165, 1.54) is 43.3 Å². The molecule has 28 heavy (non-hydrogen) atoms. The van der Waals surface area contributed by atoms with Crippen molar-refractivity contribution in [2.75, 3.05) is 12.0 Å². The fourth-order valence-electron chi connectivity index (χ4n) is 2.17. The van der Waals surface area contributed by atoms with Crippen LogP contribution in [-0.4, -0.2) is 34.8 Å². The Morgan fingerprint density at radius 2 is 1.75 bits per heavy atom. The zero-order valence-corrected chi connectivity index (χ0v) is 18.0. The number of ether oxygens (including phenoxy) is 1. The van der Waals surface area contributed by atoms with Gasteiger partial charge in [0.05, 0.1) is 22.1 Å². The van der Waals surface area contributed by atoms with Gasteiger partial charge in [0.1, 0.15) is 11.5 Å². The molecule has 7 nitrogen and oxygen atoms in total. The molecule has 0 aliphatic heterocycles. The molecule has 2 aromatic rings. The van der Waals surface area contributed by atoms with Gasteiger partial charge in [-0.1, -0.05) is 23.2 Å². The lowest BCUT2D eigenvalue weighted by Gasteiger charge is -2.11. The van der Waals surface area contributed by atoms with Gasteiger partial charge in [0.15, 0.2) is 9.84 Å². The van der Waals surface area contributed by atoms with Crippen molar-refractivity contribution in [2.24, 2.45) is 0 Å². The van der Waals surface area contributed by atoms with Gasteiger partial charge in [-0.2, -0.15) is 0 Å². The van der Waals surface area contributed by atoms with E-state index in [1.807, 2.05) is 4.72 Å². The normalized spacial score (nSPS) is 11.9. The number of carbonyl (C=O) groups excluding carboxylic acids is 1. The first-order chi connectivity index (χ1) is 12.9. The predicted octanol–water partition coefficient (Wildman–Crippen LogP) is 3.20. The molecule has 0 saturated carbocycles. The van der Waals surface area contributed by atoms with E-state index in [9.17, 15) is 21.6 Å². The van der Waals surface area contributed by atoms with Gasteiger partial charge in [-0.05, 0) is 48.9 Å². The highest BCUT2D eigenvalue weighted by Crippen LogP contribution is 2.33. The van der Waals surface area contributed by atoms with Crippen molar-refractivity contribution in [3.8, 4) is 11.5 Å². The van der Waals surface area contributed by atoms with Gasteiger partial charge in [0.25, 0.3) is 0 Å². The van der Waals surface area contributed by atoms with Crippen LogP contribution in [0.5, 0.6) is 11.5 Å². The molecule has 0 heterocycles. The summed E-state index contributed by atoms with van der Waals surface area (Å²) in [5.74, 6) is -0.474. The first kappa shape index (κ1) is 22.5. The van der Waals surface area contributed by atoms with Crippen molar-refractivity contribution in [3.63, 3.8) is 0 Å². The van der Waals surface area contributed by atoms with E-state index < -0.39 is 25.8 Å². The average molecular weight is 466 g/mol. The van der Waals surface area contributed by atoms with Crippen LogP contribution in [0.25, 0.3) is 0 Å². The number of halogens is 2. The van der Waals surface area contributed by atoms with Gasteiger partial charge in [0.2, 0.25) is 15.9 Å². The van der Waals surface area contributed by atoms with Crippen molar-refractivity contribution in [1.29, 1.82) is 0 Å². The molecule has 1 N–H and O–H groups in total. The molecule has 0 unspecified atom stereocenters. The quantitative estimate of drug-likeness (QED) is 0.672. The third-order valence-electron chi connectivity index (χ3n) is 3.50. The van der Waals surface area contributed by atoms with E-state index in [-0.39, 0.29) is 38.6 Å². The Kier molecular flexibility index (Phi) is 6.97. The smallest absolute Gasteiger partial charge is 0.237 e. The number of nitrogens with one attached hydrogen (secondary N) is 1. The number of benzene rings is 2. The molecule has 2 rings (SSSR count). The molecule has 1 amide bonds. The summed E-state index contributed by atoms with van der Waals surface area (Å²) in [5, 5.41) is 0.346. The second-order valence-electron chi connectivity index (χ2n) is 5.87. The van der Waals surface area contributed by atoms with Gasteiger partial charge in [-0.15, -0.1) is 0 Å². The maximum atomic E-state index is 11.9. The Hall–Kier alpha value is -1.81. The number of rotatable bonds is 7. The van der Waals surface area contributed by atoms with Crippen molar-refractivity contribution >= 4 is 49.0 Å². The molecular formula is C17H17Cl2NO6S2. The molecule has 152 valence electrons. The molecule has 0 aliphatic rings. The first-order valence-corrected chi connectivity index (χ1v) is 12.2. The van der Waals surface area contributed by atoms with E-state index in [0.29, 0.717) is 5.56 Å². The summed E-state index contributed by atoms with van der Waals surface area (Å²) in [6, 6.07) is 8.50. The Morgan fingerprint density at radius 1 is 1.07 bits per heavy atom. The number of hydrogen-bond donors (Lipinski definition) is 1. The highest BCUT2D eigenvalue weighted by atomic mass is 35.5. The minimum atomic E-state index is -3.66. The molecule has 0 bridgehead atoms. The molecule has 0 fully saturated rings. The van der Waals surface area contributed by atoms with Crippen molar-refractivity contribution in [3.05, 3.63) is 52.0 Å². The maximum absolute atomic E-state index is 11.9. The highest BCUT2D eigenvalue weighted by molar-refractivity contribution is 7.90. The lowest BCUT2D eigenvalue weighted by Crippen LogP contribution is -2.32. The second kappa shape index (κ2) is 8.69. The highest BCUT2D eigenvalue weighted by Gasteiger charge is 2.15. The van der Waals surface area contributed by atoms with Crippen LogP contribution in [0.4, 0.5) is 0 Å². The topological polar surface area (TPSA) is 107 Å². The van der Waals surface area contributed by atoms with Crippen LogP contribution in [0.2, 0.25) is 10.0 Å². The summed E-state index contributed by atoms with van der Waals surface area (Å²) in [5.41, 5.74) is 0.426. The van der Waals surface area contributed by atoms with Gasteiger partial charge in [-0.25, -0.2) is 16.8 Å². The number of sulfonamides is 1. The number of sulfone groups is 1. The number of carbonyl (C=O) groups is 1. The molecule has 0 aliphatic carbocycles. The summed E-state index contributed by atoms with van der Waals surface area (Å²) in [6.45, 7) is 1.42. The van der Waals surface area contributed by atoms with Crippen LogP contribution in [0.1, 0.15) is 12.5 Å². The number of hydrogen-bond acceptors (Lipinski definition) is 6.